The van der Waals surface area contributed by atoms with E-state index in [0.29, 0.717) is 11.1 Å². The lowest BCUT2D eigenvalue weighted by molar-refractivity contribution is 0.224. The average Bonchev–Trinajstić information content (AvgIpc) is 2.57. The van der Waals surface area contributed by atoms with E-state index in [4.69, 9.17) is 13.9 Å². The van der Waals surface area contributed by atoms with Crippen LogP contribution >= 0.6 is 0 Å². The first kappa shape index (κ1) is 20.6. The van der Waals surface area contributed by atoms with E-state index in [9.17, 15) is 9.90 Å². The van der Waals surface area contributed by atoms with Crippen molar-refractivity contribution in [3.05, 3.63) is 51.9 Å². The van der Waals surface area contributed by atoms with Crippen LogP contribution in [0, 0.1) is 0 Å². The van der Waals surface area contributed by atoms with Gasteiger partial charge < -0.3 is 19.0 Å². The number of benzene rings is 1. The molecule has 0 aliphatic heterocycles. The molecule has 5 nitrogen and oxygen atoms in total. The molecule has 0 fully saturated rings. The van der Waals surface area contributed by atoms with Crippen molar-refractivity contribution < 1.29 is 19.0 Å². The number of allylic oxidation sites excluding steroid dienone is 3. The van der Waals surface area contributed by atoms with Gasteiger partial charge >= 0.3 is 5.63 Å². The lowest BCUT2D eigenvalue weighted by atomic mass is 10.1. The molecule has 2 aromatic rings. The molecule has 1 heterocycles. The first-order chi connectivity index (χ1) is 12.8. The highest BCUT2D eigenvalue weighted by atomic mass is 16.5. The van der Waals surface area contributed by atoms with Crippen molar-refractivity contribution in [2.45, 2.75) is 53.6 Å². The molecule has 1 aromatic heterocycles. The minimum atomic E-state index is -0.671. The van der Waals surface area contributed by atoms with Crippen molar-refractivity contribution >= 4 is 11.0 Å². The Labute approximate surface area is 159 Å². The lowest BCUT2D eigenvalue weighted by Gasteiger charge is -2.15. The summed E-state index contributed by atoms with van der Waals surface area (Å²) < 4.78 is 16.8. The number of para-hydroxylation sites is 1. The predicted octanol–water partition coefficient (Wildman–Crippen LogP) is 5.36. The standard InChI is InChI=1S/C22H28O5/c1-14(2)8-6-9-16(5)12-13-25-21-20(26-15(3)4)17-10-7-11-18(23)19(17)27-22(21)24/h7-8,10-12,15,23H,6,9,13H2,1-5H3/b16-12+. The van der Waals surface area contributed by atoms with Crippen LogP contribution in [0.2, 0.25) is 0 Å². The van der Waals surface area contributed by atoms with Gasteiger partial charge in [-0.3, -0.25) is 0 Å². The van der Waals surface area contributed by atoms with Crippen molar-refractivity contribution in [1.29, 1.82) is 0 Å². The highest BCUT2D eigenvalue weighted by Crippen LogP contribution is 2.36. The van der Waals surface area contributed by atoms with Gasteiger partial charge in [-0.15, -0.1) is 0 Å². The van der Waals surface area contributed by atoms with Crippen LogP contribution in [0.15, 0.2) is 50.7 Å². The molecule has 0 atom stereocenters. The number of fused-ring (bicyclic) bond motifs is 1. The summed E-state index contributed by atoms with van der Waals surface area (Å²) in [5.74, 6) is 0.206. The Bertz CT molecular complexity index is 899. The number of rotatable bonds is 8. The van der Waals surface area contributed by atoms with Gasteiger partial charge in [-0.05, 0) is 65.7 Å². The minimum Gasteiger partial charge on any atom is -0.504 e. The summed E-state index contributed by atoms with van der Waals surface area (Å²) in [6, 6.07) is 4.86. The molecule has 0 saturated carbocycles. The topological polar surface area (TPSA) is 68.9 Å². The Morgan fingerprint density at radius 2 is 1.93 bits per heavy atom. The second kappa shape index (κ2) is 9.31. The maximum atomic E-state index is 12.4. The highest BCUT2D eigenvalue weighted by molar-refractivity contribution is 5.89. The van der Waals surface area contributed by atoms with E-state index in [1.165, 1.54) is 17.2 Å². The average molecular weight is 372 g/mol. The third-order valence-electron chi connectivity index (χ3n) is 3.93. The Kier molecular flexibility index (Phi) is 7.11. The van der Waals surface area contributed by atoms with Gasteiger partial charge in [0.05, 0.1) is 11.5 Å². The zero-order chi connectivity index (χ0) is 20.0. The third-order valence-corrected chi connectivity index (χ3v) is 3.93. The normalized spacial score (nSPS) is 11.7. The van der Waals surface area contributed by atoms with Gasteiger partial charge in [0.1, 0.15) is 6.61 Å². The van der Waals surface area contributed by atoms with Crippen LogP contribution in [0.25, 0.3) is 11.0 Å². The molecule has 0 aliphatic carbocycles. The zero-order valence-electron chi connectivity index (χ0n) is 16.7. The van der Waals surface area contributed by atoms with E-state index in [0.717, 1.165) is 12.8 Å². The third kappa shape index (κ3) is 5.64. The lowest BCUT2D eigenvalue weighted by Crippen LogP contribution is -2.14. The molecule has 0 bridgehead atoms. The van der Waals surface area contributed by atoms with E-state index in [2.05, 4.69) is 19.9 Å². The molecule has 0 unspecified atom stereocenters. The number of hydrogen-bond donors (Lipinski definition) is 1. The van der Waals surface area contributed by atoms with E-state index >= 15 is 0 Å². The summed E-state index contributed by atoms with van der Waals surface area (Å²) in [4.78, 5) is 12.4. The summed E-state index contributed by atoms with van der Waals surface area (Å²) in [5.41, 5.74) is 1.90. The minimum absolute atomic E-state index is 0.0233. The molecule has 2 rings (SSSR count). The first-order valence-electron chi connectivity index (χ1n) is 9.16. The van der Waals surface area contributed by atoms with Gasteiger partial charge in [-0.1, -0.05) is 23.3 Å². The van der Waals surface area contributed by atoms with Gasteiger partial charge in [-0.2, -0.15) is 0 Å². The SMILES string of the molecule is CC(C)=CCC/C(C)=C/COc1c(OC(C)C)c2cccc(O)c2oc1=O. The fraction of sp³-hybridized carbons (Fsp3) is 0.409. The van der Waals surface area contributed by atoms with Crippen molar-refractivity contribution in [2.75, 3.05) is 6.61 Å². The van der Waals surface area contributed by atoms with Crippen LogP contribution < -0.4 is 15.1 Å². The molecule has 1 aromatic carbocycles. The fourth-order valence-corrected chi connectivity index (χ4v) is 2.60. The molecule has 27 heavy (non-hydrogen) atoms. The van der Waals surface area contributed by atoms with Gasteiger partial charge in [0.2, 0.25) is 5.75 Å². The summed E-state index contributed by atoms with van der Waals surface area (Å²) >= 11 is 0. The fourth-order valence-electron chi connectivity index (χ4n) is 2.60. The van der Waals surface area contributed by atoms with Gasteiger partial charge in [0.25, 0.3) is 0 Å². The van der Waals surface area contributed by atoms with Crippen molar-refractivity contribution in [2.24, 2.45) is 0 Å². The number of ether oxygens (including phenoxy) is 2. The molecule has 0 aliphatic rings. The smallest absolute Gasteiger partial charge is 0.383 e. The number of phenols is 1. The monoisotopic (exact) mass is 372 g/mol. The van der Waals surface area contributed by atoms with Gasteiger partial charge in [-0.25, -0.2) is 4.79 Å². The Morgan fingerprint density at radius 1 is 1.19 bits per heavy atom. The van der Waals surface area contributed by atoms with Crippen LogP contribution in [0.4, 0.5) is 0 Å². The summed E-state index contributed by atoms with van der Waals surface area (Å²) in [5, 5.41) is 10.5. The molecule has 0 spiro atoms. The van der Waals surface area contributed by atoms with Crippen LogP contribution in [0.5, 0.6) is 17.2 Å². The van der Waals surface area contributed by atoms with Crippen LogP contribution in [0.1, 0.15) is 47.5 Å². The second-order valence-corrected chi connectivity index (χ2v) is 7.05. The number of phenolic OH excluding ortho intramolecular Hbond substituents is 1. The second-order valence-electron chi connectivity index (χ2n) is 7.05. The molecule has 1 N–H and O–H groups in total. The van der Waals surface area contributed by atoms with Crippen LogP contribution in [-0.4, -0.2) is 17.8 Å². The zero-order valence-corrected chi connectivity index (χ0v) is 16.7. The van der Waals surface area contributed by atoms with Gasteiger partial charge in [0, 0.05) is 0 Å². The number of hydrogen-bond acceptors (Lipinski definition) is 5. The van der Waals surface area contributed by atoms with Crippen molar-refractivity contribution in [1.82, 2.24) is 0 Å². The quantitative estimate of drug-likeness (QED) is 0.499. The summed E-state index contributed by atoms with van der Waals surface area (Å²) in [6.07, 6.45) is 5.89. The first-order valence-corrected chi connectivity index (χ1v) is 9.16. The Morgan fingerprint density at radius 3 is 2.59 bits per heavy atom. The van der Waals surface area contributed by atoms with E-state index in [1.807, 2.05) is 26.8 Å². The Hall–Kier alpha value is -2.69. The van der Waals surface area contributed by atoms with Gasteiger partial charge in [0.15, 0.2) is 17.1 Å². The Balaban J connectivity index is 2.28. The van der Waals surface area contributed by atoms with E-state index in [1.54, 1.807) is 12.1 Å². The van der Waals surface area contributed by atoms with Crippen molar-refractivity contribution in [3.63, 3.8) is 0 Å². The van der Waals surface area contributed by atoms with E-state index in [-0.39, 0.29) is 29.8 Å². The molecule has 0 amide bonds. The molecule has 146 valence electrons. The molecule has 0 radical (unpaired) electrons. The summed E-state index contributed by atoms with van der Waals surface area (Å²) in [6.45, 7) is 10.2. The van der Waals surface area contributed by atoms with Crippen LogP contribution in [-0.2, 0) is 0 Å². The number of aromatic hydroxyl groups is 1. The van der Waals surface area contributed by atoms with Crippen LogP contribution in [0.3, 0.4) is 0 Å². The molecule has 0 saturated heterocycles. The highest BCUT2D eigenvalue weighted by Gasteiger charge is 2.20. The molecule has 5 heteroatoms. The largest absolute Gasteiger partial charge is 0.504 e. The predicted molar refractivity (Wildman–Crippen MR) is 108 cm³/mol. The maximum Gasteiger partial charge on any atom is 0.383 e. The molecular weight excluding hydrogens is 344 g/mol. The van der Waals surface area contributed by atoms with E-state index < -0.39 is 5.63 Å². The van der Waals surface area contributed by atoms with Crippen molar-refractivity contribution in [3.8, 4) is 17.2 Å². The molecular formula is C22H28O5. The summed E-state index contributed by atoms with van der Waals surface area (Å²) in [7, 11) is 0. The maximum absolute atomic E-state index is 12.4.